The van der Waals surface area contributed by atoms with Gasteiger partial charge in [0.2, 0.25) is 5.91 Å². The average molecular weight is 395 g/mol. The number of nitrogens with zero attached hydrogens (tertiary/aromatic N) is 3. The van der Waals surface area contributed by atoms with E-state index in [0.717, 1.165) is 35.2 Å². The second-order valence-corrected chi connectivity index (χ2v) is 7.63. The van der Waals surface area contributed by atoms with Gasteiger partial charge in [0, 0.05) is 17.8 Å². The van der Waals surface area contributed by atoms with Crippen LogP contribution in [0.25, 0.3) is 5.69 Å². The molecule has 1 aromatic heterocycles. The zero-order chi connectivity index (χ0) is 19.9. The van der Waals surface area contributed by atoms with Gasteiger partial charge in [-0.2, -0.15) is 0 Å². The molecule has 0 aliphatic carbocycles. The van der Waals surface area contributed by atoms with Crippen molar-refractivity contribution in [3.63, 3.8) is 0 Å². The van der Waals surface area contributed by atoms with Crippen molar-refractivity contribution in [1.29, 1.82) is 0 Å². The molecular weight excluding hydrogens is 368 g/mol. The van der Waals surface area contributed by atoms with E-state index in [4.69, 9.17) is 0 Å². The Bertz CT molecular complexity index is 906. The Morgan fingerprint density at radius 2 is 1.79 bits per heavy atom. The minimum atomic E-state index is -0.0537. The number of aromatic nitrogens is 3. The summed E-state index contributed by atoms with van der Waals surface area (Å²) in [5, 5.41) is 12.2. The van der Waals surface area contributed by atoms with Crippen molar-refractivity contribution in [2.24, 2.45) is 0 Å². The summed E-state index contributed by atoms with van der Waals surface area (Å²) < 4.78 is 2.01. The molecule has 0 radical (unpaired) electrons. The van der Waals surface area contributed by atoms with E-state index >= 15 is 0 Å². The molecule has 0 aliphatic rings. The van der Waals surface area contributed by atoms with Gasteiger partial charge in [0.05, 0.1) is 5.75 Å². The van der Waals surface area contributed by atoms with Gasteiger partial charge in [0.25, 0.3) is 0 Å². The number of amides is 1. The largest absolute Gasteiger partial charge is 0.325 e. The number of rotatable bonds is 8. The highest BCUT2D eigenvalue weighted by Crippen LogP contribution is 2.23. The Morgan fingerprint density at radius 3 is 2.43 bits per heavy atom. The van der Waals surface area contributed by atoms with Crippen LogP contribution in [0.2, 0.25) is 0 Å². The van der Waals surface area contributed by atoms with Crippen LogP contribution in [0.4, 0.5) is 5.69 Å². The van der Waals surface area contributed by atoms with Gasteiger partial charge in [0.1, 0.15) is 5.82 Å². The lowest BCUT2D eigenvalue weighted by atomic mass is 9.99. The standard InChI is InChI=1S/C22H26N4OS/c1-4-16(3)17-11-13-18(14-12-17)23-21(27)15-28-22-25-24-20(5-2)26(22)19-9-7-6-8-10-19/h6-14,16H,4-5,15H2,1-3H3,(H,23,27). The van der Waals surface area contributed by atoms with Crippen LogP contribution < -0.4 is 5.32 Å². The number of hydrogen-bond acceptors (Lipinski definition) is 4. The number of carbonyl (C=O) groups is 1. The molecule has 28 heavy (non-hydrogen) atoms. The monoisotopic (exact) mass is 394 g/mol. The Morgan fingerprint density at radius 1 is 1.07 bits per heavy atom. The summed E-state index contributed by atoms with van der Waals surface area (Å²) in [6.07, 6.45) is 1.88. The molecule has 1 amide bonds. The number of para-hydroxylation sites is 1. The number of carbonyl (C=O) groups excluding carboxylic acids is 1. The lowest BCUT2D eigenvalue weighted by Gasteiger charge is -2.11. The molecule has 0 saturated heterocycles. The summed E-state index contributed by atoms with van der Waals surface area (Å²) in [6, 6.07) is 18.1. The first-order valence-electron chi connectivity index (χ1n) is 9.64. The zero-order valence-corrected chi connectivity index (χ0v) is 17.4. The summed E-state index contributed by atoms with van der Waals surface area (Å²) in [5.41, 5.74) is 3.11. The quantitative estimate of drug-likeness (QED) is 0.542. The predicted molar refractivity (Wildman–Crippen MR) is 115 cm³/mol. The van der Waals surface area contributed by atoms with Gasteiger partial charge in [-0.1, -0.05) is 62.9 Å². The maximum Gasteiger partial charge on any atom is 0.234 e. The number of aryl methyl sites for hydroxylation is 1. The second-order valence-electron chi connectivity index (χ2n) is 6.69. The van der Waals surface area contributed by atoms with E-state index in [0.29, 0.717) is 5.92 Å². The van der Waals surface area contributed by atoms with Crippen molar-refractivity contribution < 1.29 is 4.79 Å². The van der Waals surface area contributed by atoms with E-state index < -0.39 is 0 Å². The van der Waals surface area contributed by atoms with E-state index in [2.05, 4.69) is 41.5 Å². The van der Waals surface area contributed by atoms with Gasteiger partial charge in [-0.25, -0.2) is 0 Å². The highest BCUT2D eigenvalue weighted by Gasteiger charge is 2.14. The molecule has 6 heteroatoms. The normalized spacial score (nSPS) is 12.0. The molecule has 1 N–H and O–H groups in total. The van der Waals surface area contributed by atoms with Crippen LogP contribution >= 0.6 is 11.8 Å². The van der Waals surface area contributed by atoms with Crippen LogP contribution in [0, 0.1) is 0 Å². The van der Waals surface area contributed by atoms with Gasteiger partial charge in [-0.15, -0.1) is 10.2 Å². The maximum absolute atomic E-state index is 12.4. The summed E-state index contributed by atoms with van der Waals surface area (Å²) in [7, 11) is 0. The molecule has 1 unspecified atom stereocenters. The number of nitrogens with one attached hydrogen (secondary N) is 1. The van der Waals surface area contributed by atoms with Crippen LogP contribution in [0.15, 0.2) is 59.8 Å². The molecule has 3 rings (SSSR count). The van der Waals surface area contributed by atoms with Crippen molar-refractivity contribution in [2.45, 2.75) is 44.7 Å². The highest BCUT2D eigenvalue weighted by atomic mass is 32.2. The first-order chi connectivity index (χ1) is 13.6. The van der Waals surface area contributed by atoms with Crippen molar-refractivity contribution in [3.8, 4) is 5.69 Å². The molecule has 1 atom stereocenters. The Kier molecular flexibility index (Phi) is 6.87. The highest BCUT2D eigenvalue weighted by molar-refractivity contribution is 7.99. The second kappa shape index (κ2) is 9.55. The van der Waals surface area contributed by atoms with Gasteiger partial charge >= 0.3 is 0 Å². The van der Waals surface area contributed by atoms with E-state index in [-0.39, 0.29) is 11.7 Å². The minimum Gasteiger partial charge on any atom is -0.325 e. The molecule has 0 spiro atoms. The third-order valence-corrected chi connectivity index (χ3v) is 5.67. The molecular formula is C22H26N4OS. The number of anilines is 1. The number of hydrogen-bond donors (Lipinski definition) is 1. The fourth-order valence-corrected chi connectivity index (χ4v) is 3.69. The van der Waals surface area contributed by atoms with Gasteiger partial charge in [-0.05, 0) is 42.2 Å². The molecule has 0 saturated carbocycles. The van der Waals surface area contributed by atoms with Crippen molar-refractivity contribution >= 4 is 23.4 Å². The van der Waals surface area contributed by atoms with Crippen LogP contribution in [-0.2, 0) is 11.2 Å². The SMILES string of the molecule is CCc1nnc(SCC(=O)Nc2ccc(C(C)CC)cc2)n1-c1ccccc1. The van der Waals surface area contributed by atoms with Gasteiger partial charge in [0.15, 0.2) is 5.16 Å². The molecule has 146 valence electrons. The molecule has 1 heterocycles. The number of thioether (sulfide) groups is 1. The van der Waals surface area contributed by atoms with Crippen molar-refractivity contribution in [3.05, 3.63) is 66.0 Å². The molecule has 5 nitrogen and oxygen atoms in total. The van der Waals surface area contributed by atoms with Crippen LogP contribution in [0.5, 0.6) is 0 Å². The van der Waals surface area contributed by atoms with E-state index in [1.165, 1.54) is 17.3 Å². The van der Waals surface area contributed by atoms with Crippen molar-refractivity contribution in [2.75, 3.05) is 11.1 Å². The van der Waals surface area contributed by atoms with E-state index in [9.17, 15) is 4.79 Å². The third-order valence-electron chi connectivity index (χ3n) is 4.74. The fourth-order valence-electron chi connectivity index (χ4n) is 2.92. The maximum atomic E-state index is 12.4. The third kappa shape index (κ3) is 4.81. The van der Waals surface area contributed by atoms with E-state index in [1.807, 2.05) is 54.0 Å². The summed E-state index contributed by atoms with van der Waals surface area (Å²) in [4.78, 5) is 12.4. The molecule has 3 aromatic rings. The molecule has 2 aromatic carbocycles. The predicted octanol–water partition coefficient (Wildman–Crippen LogP) is 5.07. The molecule has 0 aliphatic heterocycles. The van der Waals surface area contributed by atoms with Crippen LogP contribution in [0.1, 0.15) is 44.5 Å². The first kappa shape index (κ1) is 20.1. The van der Waals surface area contributed by atoms with Crippen LogP contribution in [0.3, 0.4) is 0 Å². The topological polar surface area (TPSA) is 59.8 Å². The Labute approximate surface area is 170 Å². The summed E-state index contributed by atoms with van der Waals surface area (Å²) in [5.74, 6) is 1.64. The lowest BCUT2D eigenvalue weighted by molar-refractivity contribution is -0.113. The first-order valence-corrected chi connectivity index (χ1v) is 10.6. The fraction of sp³-hybridized carbons (Fsp3) is 0.318. The van der Waals surface area contributed by atoms with Gasteiger partial charge in [-0.3, -0.25) is 9.36 Å². The lowest BCUT2D eigenvalue weighted by Crippen LogP contribution is -2.14. The Hall–Kier alpha value is -2.60. The molecule has 0 fully saturated rings. The van der Waals surface area contributed by atoms with E-state index in [1.54, 1.807) is 0 Å². The summed E-state index contributed by atoms with van der Waals surface area (Å²) in [6.45, 7) is 6.43. The minimum absolute atomic E-state index is 0.0537. The average Bonchev–Trinajstić information content (AvgIpc) is 3.16. The van der Waals surface area contributed by atoms with Crippen molar-refractivity contribution in [1.82, 2.24) is 14.8 Å². The summed E-state index contributed by atoms with van der Waals surface area (Å²) >= 11 is 1.39. The van der Waals surface area contributed by atoms with Crippen LogP contribution in [-0.4, -0.2) is 26.4 Å². The van der Waals surface area contributed by atoms with Gasteiger partial charge < -0.3 is 5.32 Å². The molecule has 0 bridgehead atoms. The zero-order valence-electron chi connectivity index (χ0n) is 16.6. The Balaban J connectivity index is 1.64. The smallest absolute Gasteiger partial charge is 0.234 e. The number of benzene rings is 2.